The van der Waals surface area contributed by atoms with Crippen molar-refractivity contribution < 1.29 is 4.42 Å². The van der Waals surface area contributed by atoms with Gasteiger partial charge in [0, 0.05) is 34.0 Å². The van der Waals surface area contributed by atoms with E-state index in [1.165, 1.54) is 106 Å². The van der Waals surface area contributed by atoms with Gasteiger partial charge in [-0.25, -0.2) is 4.98 Å². The highest BCUT2D eigenvalue weighted by Gasteiger charge is 2.54. The Morgan fingerprint density at radius 3 is 1.46 bits per heavy atom. The van der Waals surface area contributed by atoms with Gasteiger partial charge >= 0.3 is 0 Å². The molecule has 6 aliphatic rings. The first-order valence-electron chi connectivity index (χ1n) is 26.1. The summed E-state index contributed by atoms with van der Waals surface area (Å²) in [6.07, 6.45) is 8.12. The van der Waals surface area contributed by atoms with Crippen LogP contribution in [-0.4, -0.2) is 11.7 Å². The molecule has 2 aliphatic heterocycles. The number of oxazole rings is 1. The fourth-order valence-corrected chi connectivity index (χ4v) is 13.4. The van der Waals surface area contributed by atoms with E-state index in [4.69, 9.17) is 9.40 Å². The van der Waals surface area contributed by atoms with Crippen molar-refractivity contribution in [1.29, 1.82) is 0 Å². The van der Waals surface area contributed by atoms with Crippen LogP contribution in [0.3, 0.4) is 0 Å². The molecule has 5 aromatic carbocycles. The Balaban J connectivity index is 1.25. The second-order valence-electron chi connectivity index (χ2n) is 27.4. The number of fused-ring (bicyclic) bond motifs is 4. The molecule has 0 unspecified atom stereocenters. The van der Waals surface area contributed by atoms with Crippen LogP contribution in [0.1, 0.15) is 176 Å². The van der Waals surface area contributed by atoms with Gasteiger partial charge in [-0.1, -0.05) is 146 Å². The van der Waals surface area contributed by atoms with E-state index in [9.17, 15) is 0 Å². The lowest BCUT2D eigenvalue weighted by Crippen LogP contribution is -2.62. The van der Waals surface area contributed by atoms with Crippen molar-refractivity contribution in [3.8, 4) is 11.5 Å². The van der Waals surface area contributed by atoms with Gasteiger partial charge in [0.1, 0.15) is 0 Å². The molecule has 6 aromatic rings. The van der Waals surface area contributed by atoms with Crippen LogP contribution in [0.25, 0.3) is 11.5 Å². The van der Waals surface area contributed by atoms with Gasteiger partial charge < -0.3 is 9.32 Å². The maximum Gasteiger partial charge on any atom is 0.279 e. The first-order chi connectivity index (χ1) is 31.7. The third-order valence-electron chi connectivity index (χ3n) is 17.0. The molecule has 5 heteroatoms. The lowest BCUT2D eigenvalue weighted by Gasteiger charge is -2.57. The van der Waals surface area contributed by atoms with Crippen LogP contribution in [-0.2, 0) is 32.5 Å². The van der Waals surface area contributed by atoms with Crippen LogP contribution in [0.5, 0.6) is 0 Å². The molecule has 4 nitrogen and oxygen atoms in total. The van der Waals surface area contributed by atoms with Crippen molar-refractivity contribution in [3.05, 3.63) is 130 Å². The third kappa shape index (κ3) is 7.50. The van der Waals surface area contributed by atoms with Gasteiger partial charge in [0.25, 0.3) is 6.71 Å². The Hall–Kier alpha value is -5.03. The highest BCUT2D eigenvalue weighted by atomic mass is 16.4. The van der Waals surface area contributed by atoms with Crippen molar-refractivity contribution >= 4 is 57.6 Å². The SMILES string of the molecule is CC(C)(C)c1ccc(-c2nc3c(o2)N(c2cc(C(C)(C)C)cc(C(C)(C)C)c2)c2cc(C45CC6CC(CC(C6)C4)C5)cc4c2B3c2cc(C(C)(C)C)ccc2N4c2ccc(C(C)(C)C)cc2)cc1. The van der Waals surface area contributed by atoms with E-state index in [-0.39, 0.29) is 39.2 Å². The monoisotopic (exact) mass is 902 g/mol. The second kappa shape index (κ2) is 15.0. The molecule has 0 radical (unpaired) electrons. The van der Waals surface area contributed by atoms with Crippen LogP contribution >= 0.6 is 0 Å². The van der Waals surface area contributed by atoms with E-state index in [1.54, 1.807) is 0 Å². The first-order valence-corrected chi connectivity index (χ1v) is 26.1. The van der Waals surface area contributed by atoms with Crippen molar-refractivity contribution in [3.63, 3.8) is 0 Å². The van der Waals surface area contributed by atoms with Gasteiger partial charge in [-0.05, 0) is 188 Å². The molecule has 12 rings (SSSR count). The zero-order valence-electron chi connectivity index (χ0n) is 44.0. The van der Waals surface area contributed by atoms with Crippen LogP contribution in [0.15, 0.2) is 101 Å². The van der Waals surface area contributed by atoms with E-state index in [0.717, 1.165) is 40.5 Å². The third-order valence-corrected chi connectivity index (χ3v) is 17.0. The largest absolute Gasteiger partial charge is 0.420 e. The quantitative estimate of drug-likeness (QED) is 0.165. The number of aromatic nitrogens is 1. The summed E-state index contributed by atoms with van der Waals surface area (Å²) in [4.78, 5) is 10.9. The molecule has 4 saturated carbocycles. The number of benzene rings is 5. The van der Waals surface area contributed by atoms with Gasteiger partial charge in [-0.3, -0.25) is 4.90 Å². The Labute approximate surface area is 409 Å². The average molecular weight is 902 g/mol. The lowest BCUT2D eigenvalue weighted by atomic mass is 9.35. The number of anilines is 6. The molecule has 0 atom stereocenters. The average Bonchev–Trinajstić information content (AvgIpc) is 3.69. The van der Waals surface area contributed by atoms with Crippen LogP contribution in [0.2, 0.25) is 0 Å². The summed E-state index contributed by atoms with van der Waals surface area (Å²) in [5.74, 6) is 3.97. The molecular weight excluding hydrogens is 826 g/mol. The molecule has 0 amide bonds. The van der Waals surface area contributed by atoms with Gasteiger partial charge in [0.05, 0.1) is 5.59 Å². The second-order valence-corrected chi connectivity index (χ2v) is 27.4. The molecule has 0 spiro atoms. The van der Waals surface area contributed by atoms with Crippen LogP contribution in [0.4, 0.5) is 34.3 Å². The molecule has 4 fully saturated rings. The number of rotatable bonds is 4. The zero-order chi connectivity index (χ0) is 48.2. The van der Waals surface area contributed by atoms with E-state index in [1.807, 2.05) is 0 Å². The summed E-state index contributed by atoms with van der Waals surface area (Å²) >= 11 is 0. The fourth-order valence-electron chi connectivity index (χ4n) is 13.4. The van der Waals surface area contributed by atoms with Gasteiger partial charge in [-0.15, -0.1) is 0 Å². The highest BCUT2D eigenvalue weighted by Crippen LogP contribution is 2.62. The molecule has 1 aromatic heterocycles. The van der Waals surface area contributed by atoms with Crippen molar-refractivity contribution in [1.82, 2.24) is 4.98 Å². The summed E-state index contributed by atoms with van der Waals surface area (Å²) in [6.45, 7) is 34.8. The van der Waals surface area contributed by atoms with Crippen LogP contribution < -0.4 is 26.3 Å². The smallest absolute Gasteiger partial charge is 0.279 e. The normalized spacial score (nSPS) is 22.1. The molecule has 0 saturated heterocycles. The maximum atomic E-state index is 7.45. The highest BCUT2D eigenvalue weighted by molar-refractivity contribution is 6.99. The van der Waals surface area contributed by atoms with Gasteiger partial charge in [-0.2, -0.15) is 0 Å². The predicted molar refractivity (Wildman–Crippen MR) is 289 cm³/mol. The minimum absolute atomic E-state index is 0.0376. The van der Waals surface area contributed by atoms with Crippen molar-refractivity contribution in [2.75, 3.05) is 9.80 Å². The topological polar surface area (TPSA) is 32.5 Å². The molecule has 4 aliphatic carbocycles. The minimum atomic E-state index is -0.140. The summed E-state index contributed by atoms with van der Waals surface area (Å²) in [7, 11) is 0. The number of hydrogen-bond donors (Lipinski definition) is 0. The summed E-state index contributed by atoms with van der Waals surface area (Å²) in [5, 5.41) is 0. The van der Waals surface area contributed by atoms with Crippen LogP contribution in [0, 0.1) is 17.8 Å². The fraction of sp³-hybridized carbons (Fsp3) is 0.476. The van der Waals surface area contributed by atoms with Gasteiger partial charge in [0.2, 0.25) is 11.8 Å². The van der Waals surface area contributed by atoms with E-state index in [2.05, 4.69) is 211 Å². The molecule has 68 heavy (non-hydrogen) atoms. The Bertz CT molecular complexity index is 2890. The Kier molecular flexibility index (Phi) is 10.0. The first kappa shape index (κ1) is 45.4. The van der Waals surface area contributed by atoms with E-state index >= 15 is 0 Å². The summed E-state index contributed by atoms with van der Waals surface area (Å²) < 4.78 is 7.45. The molecule has 352 valence electrons. The zero-order valence-corrected chi connectivity index (χ0v) is 44.0. The van der Waals surface area contributed by atoms with Gasteiger partial charge in [0.15, 0.2) is 0 Å². The van der Waals surface area contributed by atoms with E-state index < -0.39 is 0 Å². The van der Waals surface area contributed by atoms with Crippen molar-refractivity contribution in [2.45, 2.75) is 175 Å². The molecule has 3 heterocycles. The predicted octanol–water partition coefficient (Wildman–Crippen LogP) is 15.4. The van der Waals surface area contributed by atoms with Crippen molar-refractivity contribution in [2.24, 2.45) is 17.8 Å². The summed E-state index contributed by atoms with van der Waals surface area (Å²) in [5.41, 5.74) is 18.9. The summed E-state index contributed by atoms with van der Waals surface area (Å²) in [6, 6.07) is 38.5. The molecular formula is C63H76BN3O. The number of hydrogen-bond acceptors (Lipinski definition) is 4. The van der Waals surface area contributed by atoms with E-state index in [0.29, 0.717) is 5.89 Å². The maximum absolute atomic E-state index is 7.45. The lowest BCUT2D eigenvalue weighted by molar-refractivity contribution is -0.00514. The Morgan fingerprint density at radius 1 is 0.485 bits per heavy atom. The molecule has 0 N–H and O–H groups in total. The Morgan fingerprint density at radius 2 is 0.956 bits per heavy atom. The standard InChI is InChI=1S/C63H76BN3O/c1-58(2,3)42-18-16-41(17-19-42)56-65-55-57(68-56)67(49-30-45(61(10,11)12)29-46(31-49)62(13,14)15)53-34-47(63-35-38-26-39(36-63)28-40(27-38)37-63)33-52-54(53)64(55)50-32-44(60(7,8)9)22-25-51(50)66(52)48-23-20-43(21-24-48)59(4,5)6/h16-25,29-34,38-40H,26-28,35-37H2,1-15H3. The molecule has 4 bridgehead atoms. The number of nitrogens with zero attached hydrogens (tertiary/aromatic N) is 3. The minimum Gasteiger partial charge on any atom is -0.420 e.